The van der Waals surface area contributed by atoms with Crippen LogP contribution in [-0.2, 0) is 19.1 Å². The summed E-state index contributed by atoms with van der Waals surface area (Å²) in [6, 6.07) is 5.36. The van der Waals surface area contributed by atoms with E-state index in [2.05, 4.69) is 0 Å². The Morgan fingerprint density at radius 3 is 2.57 bits per heavy atom. The lowest BCUT2D eigenvalue weighted by Gasteiger charge is -2.24. The van der Waals surface area contributed by atoms with E-state index in [1.165, 1.54) is 0 Å². The summed E-state index contributed by atoms with van der Waals surface area (Å²) in [6.07, 6.45) is -0.866. The van der Waals surface area contributed by atoms with E-state index in [1.807, 2.05) is 13.8 Å². The zero-order valence-corrected chi connectivity index (χ0v) is 13.5. The predicted molar refractivity (Wildman–Crippen MR) is 80.5 cm³/mol. The number of cyclic esters (lactones) is 1. The van der Waals surface area contributed by atoms with Gasteiger partial charge in [0.2, 0.25) is 6.10 Å². The van der Waals surface area contributed by atoms with Crippen LogP contribution in [0.2, 0.25) is 0 Å². The molecule has 23 heavy (non-hydrogen) atoms. The molecule has 1 aromatic carbocycles. The van der Waals surface area contributed by atoms with E-state index in [-0.39, 0.29) is 6.61 Å². The third-order valence-corrected chi connectivity index (χ3v) is 4.16. The third-order valence-electron chi connectivity index (χ3n) is 4.16. The number of ether oxygens (including phenoxy) is 4. The minimum Gasteiger partial charge on any atom is -0.486 e. The van der Waals surface area contributed by atoms with Crippen LogP contribution < -0.4 is 9.47 Å². The fourth-order valence-corrected chi connectivity index (χ4v) is 2.62. The molecule has 1 fully saturated rings. The molecule has 0 aliphatic carbocycles. The van der Waals surface area contributed by atoms with Crippen LogP contribution in [0.1, 0.15) is 32.3 Å². The van der Waals surface area contributed by atoms with E-state index in [0.717, 1.165) is 5.56 Å². The molecule has 2 aliphatic heterocycles. The Kier molecular flexibility index (Phi) is 3.92. The minimum absolute atomic E-state index is 0.252. The summed E-state index contributed by atoms with van der Waals surface area (Å²) >= 11 is 0. The molecule has 3 rings (SSSR count). The Balaban J connectivity index is 1.73. The number of carbonyl (C=O) groups excluding carboxylic acids is 2. The Bertz CT molecular complexity index is 636. The first kappa shape index (κ1) is 15.6. The highest BCUT2D eigenvalue weighted by Gasteiger charge is 2.47. The molecule has 0 radical (unpaired) electrons. The van der Waals surface area contributed by atoms with E-state index in [9.17, 15) is 9.59 Å². The molecule has 0 aromatic heterocycles. The molecule has 0 saturated carbocycles. The second kappa shape index (κ2) is 5.76. The lowest BCUT2D eigenvalue weighted by molar-refractivity contribution is -0.164. The van der Waals surface area contributed by atoms with Crippen molar-refractivity contribution < 1.29 is 28.5 Å². The van der Waals surface area contributed by atoms with Crippen LogP contribution in [-0.4, -0.2) is 37.9 Å². The summed E-state index contributed by atoms with van der Waals surface area (Å²) in [5.41, 5.74) is 0.239. The zero-order chi connectivity index (χ0) is 16.6. The molecule has 6 heteroatoms. The smallest absolute Gasteiger partial charge is 0.348 e. The minimum atomic E-state index is -0.866. The molecule has 2 heterocycles. The summed E-state index contributed by atoms with van der Waals surface area (Å²) in [5.74, 6) is -0.179. The number of rotatable bonds is 3. The van der Waals surface area contributed by atoms with Crippen LogP contribution in [0, 0.1) is 5.41 Å². The first-order valence-electron chi connectivity index (χ1n) is 7.65. The van der Waals surface area contributed by atoms with Gasteiger partial charge >= 0.3 is 11.9 Å². The molecule has 0 bridgehead atoms. The molecule has 6 nitrogen and oxygen atoms in total. The standard InChI is InChI=1S/C17H20O6/c1-10(11-4-5-12-13(8-11)21-7-6-20-12)15(18)23-14-16(19)22-9-17(14,2)3/h4-5,8,10,14H,6-7,9H2,1-3H3/t10-,14+/m1/s1. The Hall–Kier alpha value is -2.24. The van der Waals surface area contributed by atoms with Crippen molar-refractivity contribution >= 4 is 11.9 Å². The van der Waals surface area contributed by atoms with Crippen LogP contribution in [0.3, 0.4) is 0 Å². The van der Waals surface area contributed by atoms with Gasteiger partial charge in [0.1, 0.15) is 19.8 Å². The van der Waals surface area contributed by atoms with Gasteiger partial charge in [0, 0.05) is 5.41 Å². The van der Waals surface area contributed by atoms with E-state index in [1.54, 1.807) is 25.1 Å². The first-order chi connectivity index (χ1) is 10.9. The van der Waals surface area contributed by atoms with Crippen molar-refractivity contribution in [1.29, 1.82) is 0 Å². The van der Waals surface area contributed by atoms with E-state index >= 15 is 0 Å². The predicted octanol–water partition coefficient (Wildman–Crippen LogP) is 2.06. The monoisotopic (exact) mass is 320 g/mol. The van der Waals surface area contributed by atoms with Crippen molar-refractivity contribution in [2.75, 3.05) is 19.8 Å². The normalized spacial score (nSPS) is 23.1. The Labute approximate surface area is 134 Å². The lowest BCUT2D eigenvalue weighted by atomic mass is 9.89. The quantitative estimate of drug-likeness (QED) is 0.794. The average molecular weight is 320 g/mol. The number of hydrogen-bond acceptors (Lipinski definition) is 6. The number of benzene rings is 1. The second-order valence-electron chi connectivity index (χ2n) is 6.54. The van der Waals surface area contributed by atoms with Gasteiger partial charge in [-0.25, -0.2) is 4.79 Å². The molecule has 2 aliphatic rings. The molecule has 1 aromatic rings. The fourth-order valence-electron chi connectivity index (χ4n) is 2.62. The molecule has 124 valence electrons. The van der Waals surface area contributed by atoms with Crippen molar-refractivity contribution in [3.8, 4) is 11.5 Å². The van der Waals surface area contributed by atoms with Gasteiger partial charge in [0.05, 0.1) is 5.92 Å². The van der Waals surface area contributed by atoms with E-state index in [0.29, 0.717) is 24.7 Å². The topological polar surface area (TPSA) is 71.1 Å². The second-order valence-corrected chi connectivity index (χ2v) is 6.54. The average Bonchev–Trinajstić information content (AvgIpc) is 2.80. The molecule has 0 unspecified atom stereocenters. The van der Waals surface area contributed by atoms with Gasteiger partial charge in [-0.1, -0.05) is 19.9 Å². The lowest BCUT2D eigenvalue weighted by Crippen LogP contribution is -2.36. The van der Waals surface area contributed by atoms with Gasteiger partial charge in [0.25, 0.3) is 0 Å². The van der Waals surface area contributed by atoms with Gasteiger partial charge in [-0.3, -0.25) is 4.79 Å². The fraction of sp³-hybridized carbons (Fsp3) is 0.529. The number of carbonyl (C=O) groups is 2. The van der Waals surface area contributed by atoms with Crippen LogP contribution >= 0.6 is 0 Å². The highest BCUT2D eigenvalue weighted by molar-refractivity contribution is 5.84. The SMILES string of the molecule is C[C@@H](C(=O)O[C@H]1C(=O)OCC1(C)C)c1ccc2c(c1)OCCO2. The van der Waals surface area contributed by atoms with Gasteiger partial charge in [-0.2, -0.15) is 0 Å². The summed E-state index contributed by atoms with van der Waals surface area (Å²) < 4.78 is 21.4. The molecule has 0 N–H and O–H groups in total. The van der Waals surface area contributed by atoms with Gasteiger partial charge in [0.15, 0.2) is 11.5 Å². The molecule has 2 atom stereocenters. The van der Waals surface area contributed by atoms with Crippen molar-refractivity contribution in [3.05, 3.63) is 23.8 Å². The molecule has 0 spiro atoms. The van der Waals surface area contributed by atoms with Crippen molar-refractivity contribution in [3.63, 3.8) is 0 Å². The van der Waals surface area contributed by atoms with Gasteiger partial charge in [-0.05, 0) is 24.6 Å². The van der Waals surface area contributed by atoms with Crippen LogP contribution in [0.25, 0.3) is 0 Å². The summed E-state index contributed by atoms with van der Waals surface area (Å²) in [5, 5.41) is 0. The first-order valence-corrected chi connectivity index (χ1v) is 7.65. The summed E-state index contributed by atoms with van der Waals surface area (Å²) in [4.78, 5) is 24.1. The number of fused-ring (bicyclic) bond motifs is 1. The maximum atomic E-state index is 12.4. The van der Waals surface area contributed by atoms with Crippen LogP contribution in [0.15, 0.2) is 18.2 Å². The van der Waals surface area contributed by atoms with Gasteiger partial charge in [-0.15, -0.1) is 0 Å². The molecular formula is C17H20O6. The summed E-state index contributed by atoms with van der Waals surface area (Å²) in [6.45, 7) is 6.67. The number of hydrogen-bond donors (Lipinski definition) is 0. The van der Waals surface area contributed by atoms with Crippen LogP contribution in [0.5, 0.6) is 11.5 Å². The Morgan fingerprint density at radius 1 is 1.22 bits per heavy atom. The maximum Gasteiger partial charge on any atom is 0.348 e. The van der Waals surface area contributed by atoms with Crippen molar-refractivity contribution in [2.45, 2.75) is 32.8 Å². The number of esters is 2. The highest BCUT2D eigenvalue weighted by Crippen LogP contribution is 2.35. The van der Waals surface area contributed by atoms with Gasteiger partial charge < -0.3 is 18.9 Å². The molecule has 1 saturated heterocycles. The highest BCUT2D eigenvalue weighted by atomic mass is 16.6. The zero-order valence-electron chi connectivity index (χ0n) is 13.5. The molecule has 0 amide bonds. The van der Waals surface area contributed by atoms with Crippen LogP contribution in [0.4, 0.5) is 0 Å². The van der Waals surface area contributed by atoms with Crippen molar-refractivity contribution in [1.82, 2.24) is 0 Å². The Morgan fingerprint density at radius 2 is 1.91 bits per heavy atom. The van der Waals surface area contributed by atoms with E-state index < -0.39 is 29.4 Å². The summed E-state index contributed by atoms with van der Waals surface area (Å²) in [7, 11) is 0. The van der Waals surface area contributed by atoms with E-state index in [4.69, 9.17) is 18.9 Å². The van der Waals surface area contributed by atoms with Crippen molar-refractivity contribution in [2.24, 2.45) is 5.41 Å². The maximum absolute atomic E-state index is 12.4. The third kappa shape index (κ3) is 2.98. The largest absolute Gasteiger partial charge is 0.486 e. The molecular weight excluding hydrogens is 300 g/mol.